The molecule has 0 unspecified atom stereocenters. The zero-order valence-electron chi connectivity index (χ0n) is 13.9. The van der Waals surface area contributed by atoms with Crippen molar-refractivity contribution in [1.29, 1.82) is 0 Å². The predicted molar refractivity (Wildman–Crippen MR) is 102 cm³/mol. The number of nitrogens with one attached hydrogen (secondary N) is 1. The van der Waals surface area contributed by atoms with E-state index in [1.165, 1.54) is 5.56 Å². The molecule has 2 nitrogen and oxygen atoms in total. The molecule has 0 atom stereocenters. The molecule has 0 spiro atoms. The van der Waals surface area contributed by atoms with E-state index in [0.717, 1.165) is 40.6 Å². The van der Waals surface area contributed by atoms with Crippen LogP contribution in [0.2, 0.25) is 0 Å². The number of para-hydroxylation sites is 1. The van der Waals surface area contributed by atoms with Crippen LogP contribution in [0.25, 0.3) is 10.9 Å². The second kappa shape index (κ2) is 6.78. The molecule has 1 heterocycles. The van der Waals surface area contributed by atoms with E-state index in [0.29, 0.717) is 0 Å². The zero-order chi connectivity index (χ0) is 17.1. The van der Waals surface area contributed by atoms with Gasteiger partial charge < -0.3 is 4.98 Å². The quantitative estimate of drug-likeness (QED) is 0.504. The number of aryl methyl sites for hydroxylation is 2. The number of benzene rings is 3. The van der Waals surface area contributed by atoms with E-state index in [1.54, 1.807) is 0 Å². The van der Waals surface area contributed by atoms with Crippen LogP contribution in [0.15, 0.2) is 84.9 Å². The topological polar surface area (TPSA) is 32.9 Å². The lowest BCUT2D eigenvalue weighted by molar-refractivity contribution is 0.103. The highest BCUT2D eigenvalue weighted by Crippen LogP contribution is 2.26. The zero-order valence-corrected chi connectivity index (χ0v) is 13.9. The minimum atomic E-state index is 0.0844. The van der Waals surface area contributed by atoms with Crippen molar-refractivity contribution in [3.8, 4) is 0 Å². The summed E-state index contributed by atoms with van der Waals surface area (Å²) in [7, 11) is 0. The van der Waals surface area contributed by atoms with E-state index < -0.39 is 0 Å². The van der Waals surface area contributed by atoms with Crippen LogP contribution in [-0.2, 0) is 12.8 Å². The smallest absolute Gasteiger partial charge is 0.195 e. The Balaban J connectivity index is 1.74. The second-order valence-corrected chi connectivity index (χ2v) is 6.20. The molecule has 0 bridgehead atoms. The maximum Gasteiger partial charge on any atom is 0.195 e. The van der Waals surface area contributed by atoms with Crippen LogP contribution < -0.4 is 0 Å². The second-order valence-electron chi connectivity index (χ2n) is 6.20. The third kappa shape index (κ3) is 3.11. The molecule has 0 saturated carbocycles. The molecule has 3 aromatic carbocycles. The molecule has 0 radical (unpaired) electrons. The summed E-state index contributed by atoms with van der Waals surface area (Å²) in [4.78, 5) is 16.6. The number of aromatic nitrogens is 1. The van der Waals surface area contributed by atoms with Gasteiger partial charge in [0.15, 0.2) is 5.78 Å². The summed E-state index contributed by atoms with van der Waals surface area (Å²) in [5, 5.41) is 0.999. The van der Waals surface area contributed by atoms with Crippen molar-refractivity contribution in [2.24, 2.45) is 0 Å². The van der Waals surface area contributed by atoms with Crippen molar-refractivity contribution in [3.63, 3.8) is 0 Å². The first-order valence-electron chi connectivity index (χ1n) is 8.56. The van der Waals surface area contributed by atoms with E-state index >= 15 is 0 Å². The number of fused-ring (bicyclic) bond motifs is 1. The van der Waals surface area contributed by atoms with Gasteiger partial charge in [-0.1, -0.05) is 78.9 Å². The van der Waals surface area contributed by atoms with Gasteiger partial charge in [0.1, 0.15) is 0 Å². The summed E-state index contributed by atoms with van der Waals surface area (Å²) >= 11 is 0. The monoisotopic (exact) mass is 325 g/mol. The molecule has 0 saturated heterocycles. The van der Waals surface area contributed by atoms with Crippen LogP contribution in [0, 0.1) is 0 Å². The Labute approximate surface area is 147 Å². The van der Waals surface area contributed by atoms with Crippen LogP contribution >= 0.6 is 0 Å². The summed E-state index contributed by atoms with van der Waals surface area (Å²) in [5.74, 6) is 0.0844. The van der Waals surface area contributed by atoms with Crippen molar-refractivity contribution in [2.45, 2.75) is 12.8 Å². The molecule has 4 aromatic rings. The van der Waals surface area contributed by atoms with Gasteiger partial charge in [-0.15, -0.1) is 0 Å². The molecule has 2 heteroatoms. The Morgan fingerprint density at radius 2 is 1.36 bits per heavy atom. The van der Waals surface area contributed by atoms with Gasteiger partial charge >= 0.3 is 0 Å². The summed E-state index contributed by atoms with van der Waals surface area (Å²) in [6.45, 7) is 0. The van der Waals surface area contributed by atoms with E-state index in [4.69, 9.17) is 0 Å². The summed E-state index contributed by atoms with van der Waals surface area (Å²) in [6.07, 6.45) is 1.72. The number of aromatic amines is 1. The first kappa shape index (κ1) is 15.4. The minimum Gasteiger partial charge on any atom is -0.358 e. The van der Waals surface area contributed by atoms with Gasteiger partial charge in [0, 0.05) is 22.2 Å². The molecule has 1 N–H and O–H groups in total. The van der Waals surface area contributed by atoms with Crippen molar-refractivity contribution in [3.05, 3.63) is 107 Å². The van der Waals surface area contributed by atoms with Crippen LogP contribution in [0.1, 0.15) is 27.2 Å². The number of carbonyl (C=O) groups is 1. The van der Waals surface area contributed by atoms with E-state index in [2.05, 4.69) is 29.2 Å². The van der Waals surface area contributed by atoms with Gasteiger partial charge in [0.2, 0.25) is 0 Å². The SMILES string of the molecule is O=C(c1ccccc1)c1c(CCc2ccccc2)[nH]c2ccccc12. The third-order valence-electron chi connectivity index (χ3n) is 4.55. The van der Waals surface area contributed by atoms with Crippen LogP contribution in [0.5, 0.6) is 0 Å². The lowest BCUT2D eigenvalue weighted by Crippen LogP contribution is -2.05. The van der Waals surface area contributed by atoms with Gasteiger partial charge in [0.05, 0.1) is 5.56 Å². The Morgan fingerprint density at radius 3 is 2.12 bits per heavy atom. The Bertz CT molecular complexity index is 1000. The summed E-state index contributed by atoms with van der Waals surface area (Å²) < 4.78 is 0. The Kier molecular flexibility index (Phi) is 4.17. The van der Waals surface area contributed by atoms with Gasteiger partial charge in [-0.3, -0.25) is 4.79 Å². The first-order valence-corrected chi connectivity index (χ1v) is 8.56. The first-order chi connectivity index (χ1) is 12.3. The van der Waals surface area contributed by atoms with Gasteiger partial charge in [-0.25, -0.2) is 0 Å². The lowest BCUT2D eigenvalue weighted by atomic mass is 9.97. The molecular weight excluding hydrogens is 306 g/mol. The molecule has 0 amide bonds. The molecule has 25 heavy (non-hydrogen) atoms. The van der Waals surface area contributed by atoms with Gasteiger partial charge in [0.25, 0.3) is 0 Å². The van der Waals surface area contributed by atoms with E-state index in [1.807, 2.05) is 60.7 Å². The maximum absolute atomic E-state index is 13.1. The van der Waals surface area contributed by atoms with E-state index in [9.17, 15) is 4.79 Å². The van der Waals surface area contributed by atoms with E-state index in [-0.39, 0.29) is 5.78 Å². The molecule has 122 valence electrons. The molecule has 0 fully saturated rings. The van der Waals surface area contributed by atoms with Crippen LogP contribution in [0.3, 0.4) is 0 Å². The van der Waals surface area contributed by atoms with Gasteiger partial charge in [-0.05, 0) is 24.5 Å². The van der Waals surface area contributed by atoms with Crippen LogP contribution in [-0.4, -0.2) is 10.8 Å². The summed E-state index contributed by atoms with van der Waals surface area (Å²) in [5.41, 5.74) is 4.84. The molecule has 0 aliphatic carbocycles. The number of hydrogen-bond acceptors (Lipinski definition) is 1. The fourth-order valence-corrected chi connectivity index (χ4v) is 3.29. The average molecular weight is 325 g/mol. The average Bonchev–Trinajstić information content (AvgIpc) is 3.05. The fourth-order valence-electron chi connectivity index (χ4n) is 3.29. The maximum atomic E-state index is 13.1. The fraction of sp³-hybridized carbons (Fsp3) is 0.0870. The third-order valence-corrected chi connectivity index (χ3v) is 4.55. The van der Waals surface area contributed by atoms with Gasteiger partial charge in [-0.2, -0.15) is 0 Å². The predicted octanol–water partition coefficient (Wildman–Crippen LogP) is 5.18. The number of ketones is 1. The Hall–Kier alpha value is -3.13. The molecule has 0 aliphatic heterocycles. The largest absolute Gasteiger partial charge is 0.358 e. The van der Waals surface area contributed by atoms with Crippen molar-refractivity contribution in [1.82, 2.24) is 4.98 Å². The molecule has 4 rings (SSSR count). The normalized spacial score (nSPS) is 10.9. The standard InChI is InChI=1S/C23H19NO/c25-23(18-11-5-2-6-12-18)22-19-13-7-8-14-20(19)24-21(22)16-15-17-9-3-1-4-10-17/h1-14,24H,15-16H2. The minimum absolute atomic E-state index is 0.0844. The number of H-pyrrole nitrogens is 1. The van der Waals surface area contributed by atoms with Crippen molar-refractivity contribution < 1.29 is 4.79 Å². The van der Waals surface area contributed by atoms with Crippen LogP contribution in [0.4, 0.5) is 0 Å². The number of hydrogen-bond donors (Lipinski definition) is 1. The highest BCUT2D eigenvalue weighted by atomic mass is 16.1. The number of carbonyl (C=O) groups excluding carboxylic acids is 1. The van der Waals surface area contributed by atoms with Crippen molar-refractivity contribution >= 4 is 16.7 Å². The molecular formula is C23H19NO. The summed E-state index contributed by atoms with van der Waals surface area (Å²) in [6, 6.07) is 27.9. The highest BCUT2D eigenvalue weighted by molar-refractivity contribution is 6.17. The van der Waals surface area contributed by atoms with Crippen molar-refractivity contribution in [2.75, 3.05) is 0 Å². The number of rotatable bonds is 5. The molecule has 1 aromatic heterocycles. The highest BCUT2D eigenvalue weighted by Gasteiger charge is 2.19. The lowest BCUT2D eigenvalue weighted by Gasteiger charge is -2.05. The Morgan fingerprint density at radius 1 is 0.720 bits per heavy atom. The molecule has 0 aliphatic rings.